The van der Waals surface area contributed by atoms with E-state index in [1.54, 1.807) is 0 Å². The maximum absolute atomic E-state index is 12.7. The van der Waals surface area contributed by atoms with E-state index in [2.05, 4.69) is 0 Å². The number of aliphatic hydroxyl groups excluding tert-OH is 1. The van der Waals surface area contributed by atoms with E-state index in [4.69, 9.17) is 5.11 Å². The summed E-state index contributed by atoms with van der Waals surface area (Å²) >= 11 is 0. The van der Waals surface area contributed by atoms with E-state index in [1.807, 2.05) is 5.32 Å². The Kier molecular flexibility index (Phi) is 4.82. The number of halogens is 5. The third-order valence-electron chi connectivity index (χ3n) is 2.34. The topological polar surface area (TPSA) is 75.4 Å². The van der Waals surface area contributed by atoms with Crippen LogP contribution in [0, 0.1) is 10.1 Å². The fourth-order valence-electron chi connectivity index (χ4n) is 1.33. The molecule has 0 saturated carbocycles. The highest BCUT2D eigenvalue weighted by atomic mass is 19.4. The Labute approximate surface area is 109 Å². The zero-order valence-corrected chi connectivity index (χ0v) is 9.69. The van der Waals surface area contributed by atoms with Crippen molar-refractivity contribution in [3.8, 4) is 0 Å². The molecule has 5 nitrogen and oxygen atoms in total. The van der Waals surface area contributed by atoms with Crippen LogP contribution in [0.4, 0.5) is 33.3 Å². The van der Waals surface area contributed by atoms with Crippen LogP contribution in [-0.4, -0.2) is 28.9 Å². The predicted octanol–water partition coefficient (Wildman–Crippen LogP) is 2.87. The van der Waals surface area contributed by atoms with E-state index in [9.17, 15) is 32.1 Å². The summed E-state index contributed by atoms with van der Waals surface area (Å²) in [6.45, 7) is -1.04. The van der Waals surface area contributed by atoms with Gasteiger partial charge in [-0.25, -0.2) is 8.78 Å². The normalized spacial score (nSPS) is 13.3. The Bertz CT molecular complexity index is 492. The molecule has 0 amide bonds. The zero-order chi connectivity index (χ0) is 15.5. The molecule has 20 heavy (non-hydrogen) atoms. The minimum Gasteiger partial charge on any atom is -0.382 e. The molecule has 1 aromatic carbocycles. The molecule has 0 aliphatic heterocycles. The first-order valence-electron chi connectivity index (χ1n) is 5.18. The van der Waals surface area contributed by atoms with Crippen LogP contribution in [0.5, 0.6) is 0 Å². The number of non-ortho nitro benzene ring substituents is 1. The average Bonchev–Trinajstić information content (AvgIpc) is 2.34. The number of nitro groups is 1. The van der Waals surface area contributed by atoms with Crippen molar-refractivity contribution in [3.05, 3.63) is 33.9 Å². The number of aliphatic hydroxyl groups is 1. The highest BCUT2D eigenvalue weighted by Crippen LogP contribution is 2.31. The van der Waals surface area contributed by atoms with Gasteiger partial charge in [0.1, 0.15) is 0 Å². The lowest BCUT2D eigenvalue weighted by molar-refractivity contribution is -0.385. The van der Waals surface area contributed by atoms with Gasteiger partial charge in [0, 0.05) is 29.9 Å². The summed E-state index contributed by atoms with van der Waals surface area (Å²) in [7, 11) is 0. The smallest absolute Gasteiger partial charge is 0.382 e. The average molecular weight is 300 g/mol. The third kappa shape index (κ3) is 4.02. The number of hydrogen-bond donors (Lipinski definition) is 2. The van der Waals surface area contributed by atoms with Crippen molar-refractivity contribution in [3.63, 3.8) is 0 Å². The largest absolute Gasteiger partial charge is 0.416 e. The number of anilines is 1. The van der Waals surface area contributed by atoms with Crippen LogP contribution in [0.3, 0.4) is 0 Å². The number of rotatable bonds is 5. The van der Waals surface area contributed by atoms with Gasteiger partial charge in [0.05, 0.1) is 4.92 Å². The summed E-state index contributed by atoms with van der Waals surface area (Å²) in [5.74, 6) is 0. The first-order valence-corrected chi connectivity index (χ1v) is 5.18. The molecule has 0 heterocycles. The minimum atomic E-state index is -4.89. The Hall–Kier alpha value is -1.97. The molecule has 0 aliphatic rings. The highest BCUT2D eigenvalue weighted by Gasteiger charge is 2.38. The summed E-state index contributed by atoms with van der Waals surface area (Å²) in [6, 6.07) is 2.30. The molecule has 1 rings (SSSR count). The molecule has 2 N–H and O–H groups in total. The van der Waals surface area contributed by atoms with Gasteiger partial charge in [0.15, 0.2) is 6.10 Å². The van der Waals surface area contributed by atoms with E-state index in [0.717, 1.165) is 12.1 Å². The summed E-state index contributed by atoms with van der Waals surface area (Å²) < 4.78 is 61.5. The fourth-order valence-corrected chi connectivity index (χ4v) is 1.33. The molecule has 10 heteroatoms. The Morgan fingerprint density at radius 3 is 2.40 bits per heavy atom. The van der Waals surface area contributed by atoms with E-state index in [0.29, 0.717) is 6.07 Å². The molecule has 0 bridgehead atoms. The maximum atomic E-state index is 12.7. The number of nitro benzene ring substituents is 1. The van der Waals surface area contributed by atoms with Crippen LogP contribution in [0.25, 0.3) is 0 Å². The number of nitrogens with one attached hydrogen (secondary N) is 1. The van der Waals surface area contributed by atoms with Crippen LogP contribution >= 0.6 is 0 Å². The van der Waals surface area contributed by atoms with Crippen molar-refractivity contribution in [2.75, 3.05) is 11.9 Å². The van der Waals surface area contributed by atoms with Gasteiger partial charge in [-0.15, -0.1) is 0 Å². The quantitative estimate of drug-likeness (QED) is 0.498. The van der Waals surface area contributed by atoms with Gasteiger partial charge in [0.25, 0.3) is 12.1 Å². The molecule has 0 fully saturated rings. The summed E-state index contributed by atoms with van der Waals surface area (Å²) in [5, 5.41) is 21.2. The number of nitrogens with zero attached hydrogens (tertiary/aromatic N) is 1. The monoisotopic (exact) mass is 300 g/mol. The van der Waals surface area contributed by atoms with Crippen molar-refractivity contribution >= 4 is 11.4 Å². The minimum absolute atomic E-state index is 0.408. The van der Waals surface area contributed by atoms with Gasteiger partial charge in [-0.1, -0.05) is 0 Å². The summed E-state index contributed by atoms with van der Waals surface area (Å²) in [4.78, 5) is 9.53. The van der Waals surface area contributed by atoms with Crippen molar-refractivity contribution in [1.82, 2.24) is 0 Å². The lowest BCUT2D eigenvalue weighted by Crippen LogP contribution is -2.35. The van der Waals surface area contributed by atoms with Crippen molar-refractivity contribution < 1.29 is 32.0 Å². The van der Waals surface area contributed by atoms with E-state index in [1.165, 1.54) is 0 Å². The zero-order valence-electron chi connectivity index (χ0n) is 9.69. The molecule has 1 unspecified atom stereocenters. The van der Waals surface area contributed by atoms with Crippen molar-refractivity contribution in [2.24, 2.45) is 0 Å². The van der Waals surface area contributed by atoms with Crippen LogP contribution in [0.2, 0.25) is 0 Å². The standard InChI is InChI=1S/C10H9F5N2O3/c11-9(12)6-3-5(17(19)20)1-2-7(6)16-4-8(18)10(13,14)15/h1-3,8-9,16,18H,4H2. The van der Waals surface area contributed by atoms with Crippen LogP contribution in [-0.2, 0) is 0 Å². The second-order valence-electron chi connectivity index (χ2n) is 3.77. The molecule has 0 saturated heterocycles. The Balaban J connectivity index is 2.92. The molecule has 112 valence electrons. The lowest BCUT2D eigenvalue weighted by Gasteiger charge is -2.17. The molecular weight excluding hydrogens is 291 g/mol. The first kappa shape index (κ1) is 16.1. The molecular formula is C10H9F5N2O3. The van der Waals surface area contributed by atoms with Crippen LogP contribution < -0.4 is 5.32 Å². The third-order valence-corrected chi connectivity index (χ3v) is 2.34. The molecule has 0 aromatic heterocycles. The van der Waals surface area contributed by atoms with Crippen molar-refractivity contribution in [2.45, 2.75) is 18.7 Å². The fraction of sp³-hybridized carbons (Fsp3) is 0.400. The van der Waals surface area contributed by atoms with E-state index >= 15 is 0 Å². The Morgan fingerprint density at radius 1 is 1.35 bits per heavy atom. The van der Waals surface area contributed by atoms with Gasteiger partial charge in [-0.05, 0) is 6.07 Å². The molecule has 0 spiro atoms. The molecule has 0 aliphatic carbocycles. The van der Waals surface area contributed by atoms with Crippen molar-refractivity contribution in [1.29, 1.82) is 0 Å². The maximum Gasteiger partial charge on any atom is 0.416 e. The highest BCUT2D eigenvalue weighted by molar-refractivity contribution is 5.56. The SMILES string of the molecule is O=[N+]([O-])c1ccc(NCC(O)C(F)(F)F)c(C(F)F)c1. The number of benzene rings is 1. The van der Waals surface area contributed by atoms with Gasteiger partial charge in [-0.3, -0.25) is 10.1 Å². The lowest BCUT2D eigenvalue weighted by atomic mass is 10.1. The summed E-state index contributed by atoms with van der Waals surface area (Å²) in [6.07, 6.45) is -10.7. The number of hydrogen-bond acceptors (Lipinski definition) is 4. The van der Waals surface area contributed by atoms with Gasteiger partial charge in [0.2, 0.25) is 0 Å². The molecule has 0 radical (unpaired) electrons. The Morgan fingerprint density at radius 2 is 1.95 bits per heavy atom. The van der Waals surface area contributed by atoms with Gasteiger partial charge < -0.3 is 10.4 Å². The molecule has 1 aromatic rings. The van der Waals surface area contributed by atoms with E-state index < -0.39 is 47.1 Å². The molecule has 1 atom stereocenters. The predicted molar refractivity (Wildman–Crippen MR) is 58.6 cm³/mol. The van der Waals surface area contributed by atoms with Crippen LogP contribution in [0.1, 0.15) is 12.0 Å². The van der Waals surface area contributed by atoms with Gasteiger partial charge >= 0.3 is 6.18 Å². The second kappa shape index (κ2) is 5.99. The van der Waals surface area contributed by atoms with Crippen LogP contribution in [0.15, 0.2) is 18.2 Å². The van der Waals surface area contributed by atoms with E-state index in [-0.39, 0.29) is 0 Å². The number of alkyl halides is 5. The summed E-state index contributed by atoms with van der Waals surface area (Å²) in [5.41, 5.74) is -1.83. The second-order valence-corrected chi connectivity index (χ2v) is 3.77. The van der Waals surface area contributed by atoms with Gasteiger partial charge in [-0.2, -0.15) is 13.2 Å². The first-order chi connectivity index (χ1) is 9.12.